The number of hydrogen-bond acceptors (Lipinski definition) is 4. The Balaban J connectivity index is 2.36. The minimum Gasteiger partial charge on any atom is -0.455 e. The Hall–Kier alpha value is -2.89. The van der Waals surface area contributed by atoms with E-state index in [-0.39, 0.29) is 11.6 Å². The van der Waals surface area contributed by atoms with Gasteiger partial charge in [0.05, 0.1) is 16.6 Å². The van der Waals surface area contributed by atoms with Crippen LogP contribution in [0.4, 0.5) is 0 Å². The van der Waals surface area contributed by atoms with Crippen LogP contribution in [0.5, 0.6) is 0 Å². The molecule has 0 fully saturated rings. The summed E-state index contributed by atoms with van der Waals surface area (Å²) in [5.74, 6) is -0.447. The fourth-order valence-corrected chi connectivity index (χ4v) is 4.22. The predicted octanol–water partition coefficient (Wildman–Crippen LogP) is 5.66. The SMILES string of the molecule is CCCc1c(C(=O)N(CCC)CCC)c2ccccc2n2cnc(C(=O)OC(C)(C)C)c12. The van der Waals surface area contributed by atoms with Gasteiger partial charge in [0.15, 0.2) is 5.69 Å². The second kappa shape index (κ2) is 9.72. The number of imidazole rings is 1. The van der Waals surface area contributed by atoms with Gasteiger partial charge in [0.2, 0.25) is 0 Å². The van der Waals surface area contributed by atoms with E-state index in [1.54, 1.807) is 6.33 Å². The zero-order valence-electron chi connectivity index (χ0n) is 20.2. The van der Waals surface area contributed by atoms with Gasteiger partial charge < -0.3 is 9.64 Å². The fraction of sp³-hybridized carbons (Fsp3) is 0.500. The number of carbonyl (C=O) groups excluding carboxylic acids is 2. The lowest BCUT2D eigenvalue weighted by Gasteiger charge is -2.25. The van der Waals surface area contributed by atoms with E-state index in [0.29, 0.717) is 30.6 Å². The van der Waals surface area contributed by atoms with Crippen LogP contribution in [0, 0.1) is 0 Å². The minimum absolute atomic E-state index is 0.0205. The highest BCUT2D eigenvalue weighted by atomic mass is 16.6. The third-order valence-corrected chi connectivity index (χ3v) is 5.37. The van der Waals surface area contributed by atoms with Crippen LogP contribution < -0.4 is 0 Å². The van der Waals surface area contributed by atoms with Gasteiger partial charge in [-0.3, -0.25) is 9.20 Å². The number of aromatic nitrogens is 2. The Kier molecular flexibility index (Phi) is 7.22. The standard InChI is InChI=1S/C26H35N3O3/c1-7-12-19-21(24(30)28(15-8-2)16-9-3)18-13-10-11-14-20(18)29-17-27-22(23(19)29)25(31)32-26(4,5)6/h10-11,13-14,17H,7-9,12,15-16H2,1-6H3. The molecule has 6 heteroatoms. The molecule has 0 bridgehead atoms. The van der Waals surface area contributed by atoms with Crippen molar-refractivity contribution in [2.75, 3.05) is 13.1 Å². The van der Waals surface area contributed by atoms with E-state index in [2.05, 4.69) is 25.8 Å². The summed E-state index contributed by atoms with van der Waals surface area (Å²) in [5.41, 5.74) is 2.72. The average molecular weight is 438 g/mol. The summed E-state index contributed by atoms with van der Waals surface area (Å²) >= 11 is 0. The summed E-state index contributed by atoms with van der Waals surface area (Å²) in [6, 6.07) is 7.86. The molecule has 3 rings (SSSR count). The van der Waals surface area contributed by atoms with Gasteiger partial charge in [-0.2, -0.15) is 0 Å². The van der Waals surface area contributed by atoms with Crippen LogP contribution >= 0.6 is 0 Å². The number of para-hydroxylation sites is 1. The molecule has 32 heavy (non-hydrogen) atoms. The maximum absolute atomic E-state index is 13.9. The Bertz CT molecular complexity index is 1120. The molecule has 0 radical (unpaired) electrons. The molecule has 0 aliphatic heterocycles. The Morgan fingerprint density at radius 3 is 2.28 bits per heavy atom. The molecular formula is C26H35N3O3. The van der Waals surface area contributed by atoms with Crippen LogP contribution in [0.1, 0.15) is 87.2 Å². The average Bonchev–Trinajstić information content (AvgIpc) is 3.18. The molecule has 2 heterocycles. The number of rotatable bonds is 8. The van der Waals surface area contributed by atoms with Crippen LogP contribution in [0.15, 0.2) is 30.6 Å². The molecule has 6 nitrogen and oxygen atoms in total. The van der Waals surface area contributed by atoms with Crippen molar-refractivity contribution < 1.29 is 14.3 Å². The monoisotopic (exact) mass is 437 g/mol. The predicted molar refractivity (Wildman–Crippen MR) is 128 cm³/mol. The molecule has 0 N–H and O–H groups in total. The zero-order chi connectivity index (χ0) is 23.5. The van der Waals surface area contributed by atoms with Gasteiger partial charge in [-0.15, -0.1) is 0 Å². The van der Waals surface area contributed by atoms with Crippen molar-refractivity contribution in [1.82, 2.24) is 14.3 Å². The number of esters is 1. The molecule has 0 aliphatic carbocycles. The first-order chi connectivity index (χ1) is 15.2. The van der Waals surface area contributed by atoms with Gasteiger partial charge in [0.25, 0.3) is 5.91 Å². The van der Waals surface area contributed by atoms with E-state index in [4.69, 9.17) is 4.74 Å². The number of nitrogens with zero attached hydrogens (tertiary/aromatic N) is 3. The summed E-state index contributed by atoms with van der Waals surface area (Å²) < 4.78 is 7.58. The Morgan fingerprint density at radius 1 is 1.03 bits per heavy atom. The summed E-state index contributed by atoms with van der Waals surface area (Å²) in [6.45, 7) is 13.2. The maximum atomic E-state index is 13.9. The van der Waals surface area contributed by atoms with E-state index >= 15 is 0 Å². The van der Waals surface area contributed by atoms with Gasteiger partial charge in [-0.25, -0.2) is 9.78 Å². The molecule has 0 atom stereocenters. The van der Waals surface area contributed by atoms with Crippen molar-refractivity contribution in [2.24, 2.45) is 0 Å². The Morgan fingerprint density at radius 2 is 1.69 bits per heavy atom. The van der Waals surface area contributed by atoms with E-state index in [0.717, 1.165) is 35.7 Å². The first kappa shape index (κ1) is 23.8. The highest BCUT2D eigenvalue weighted by Gasteiger charge is 2.29. The molecule has 1 aromatic carbocycles. The third-order valence-electron chi connectivity index (χ3n) is 5.37. The van der Waals surface area contributed by atoms with E-state index in [1.165, 1.54) is 0 Å². The molecule has 0 aliphatic rings. The van der Waals surface area contributed by atoms with Gasteiger partial charge in [0, 0.05) is 18.5 Å². The molecule has 0 spiro atoms. The zero-order valence-corrected chi connectivity index (χ0v) is 20.2. The number of fused-ring (bicyclic) bond motifs is 3. The lowest BCUT2D eigenvalue weighted by molar-refractivity contribution is 0.00655. The largest absolute Gasteiger partial charge is 0.455 e. The van der Waals surface area contributed by atoms with Crippen LogP contribution in [-0.2, 0) is 11.2 Å². The maximum Gasteiger partial charge on any atom is 0.359 e. The van der Waals surface area contributed by atoms with Gasteiger partial charge in [0.1, 0.15) is 11.9 Å². The van der Waals surface area contributed by atoms with Crippen molar-refractivity contribution in [3.63, 3.8) is 0 Å². The number of aryl methyl sites for hydroxylation is 1. The minimum atomic E-state index is -0.632. The van der Waals surface area contributed by atoms with E-state index in [9.17, 15) is 9.59 Å². The number of hydrogen-bond donors (Lipinski definition) is 0. The summed E-state index contributed by atoms with van der Waals surface area (Å²) in [4.78, 5) is 33.3. The molecule has 3 aromatic rings. The van der Waals surface area contributed by atoms with E-state index < -0.39 is 11.6 Å². The summed E-state index contributed by atoms with van der Waals surface area (Å²) in [7, 11) is 0. The molecular weight excluding hydrogens is 402 g/mol. The van der Waals surface area contributed by atoms with Crippen LogP contribution in [-0.4, -0.2) is 44.9 Å². The van der Waals surface area contributed by atoms with Crippen molar-refractivity contribution in [3.8, 4) is 0 Å². The lowest BCUT2D eigenvalue weighted by atomic mass is 9.96. The number of amides is 1. The fourth-order valence-electron chi connectivity index (χ4n) is 4.22. The molecule has 2 aromatic heterocycles. The highest BCUT2D eigenvalue weighted by molar-refractivity contribution is 6.11. The lowest BCUT2D eigenvalue weighted by Crippen LogP contribution is -2.33. The number of ether oxygens (including phenoxy) is 1. The summed E-state index contributed by atoms with van der Waals surface area (Å²) in [5, 5.41) is 0.888. The van der Waals surface area contributed by atoms with Gasteiger partial charge in [-0.05, 0) is 51.7 Å². The second-order valence-electron chi connectivity index (χ2n) is 9.23. The van der Waals surface area contributed by atoms with Crippen molar-refractivity contribution >= 4 is 28.3 Å². The smallest absolute Gasteiger partial charge is 0.359 e. The molecule has 0 unspecified atom stereocenters. The molecule has 0 saturated carbocycles. The number of carbonyl (C=O) groups is 2. The topological polar surface area (TPSA) is 63.9 Å². The number of pyridine rings is 1. The van der Waals surface area contributed by atoms with Crippen LogP contribution in [0.25, 0.3) is 16.4 Å². The van der Waals surface area contributed by atoms with Crippen molar-refractivity contribution in [2.45, 2.75) is 72.8 Å². The van der Waals surface area contributed by atoms with Gasteiger partial charge in [-0.1, -0.05) is 45.4 Å². The highest BCUT2D eigenvalue weighted by Crippen LogP contribution is 2.32. The van der Waals surface area contributed by atoms with Crippen LogP contribution in [0.3, 0.4) is 0 Å². The van der Waals surface area contributed by atoms with Crippen molar-refractivity contribution in [1.29, 1.82) is 0 Å². The third kappa shape index (κ3) is 4.64. The van der Waals surface area contributed by atoms with Crippen LogP contribution in [0.2, 0.25) is 0 Å². The van der Waals surface area contributed by atoms with Gasteiger partial charge >= 0.3 is 5.97 Å². The molecule has 172 valence electrons. The summed E-state index contributed by atoms with van der Waals surface area (Å²) in [6.07, 6.45) is 4.97. The Labute approximate surface area is 190 Å². The molecule has 1 amide bonds. The first-order valence-electron chi connectivity index (χ1n) is 11.7. The number of benzene rings is 1. The first-order valence-corrected chi connectivity index (χ1v) is 11.7. The molecule has 0 saturated heterocycles. The quantitative estimate of drug-likeness (QED) is 0.427. The normalized spacial score (nSPS) is 11.8. The van der Waals surface area contributed by atoms with E-state index in [1.807, 2.05) is 54.3 Å². The second-order valence-corrected chi connectivity index (χ2v) is 9.23. The van der Waals surface area contributed by atoms with Crippen molar-refractivity contribution in [3.05, 3.63) is 47.4 Å².